The molecule has 1 atom stereocenters. The van der Waals surface area contributed by atoms with E-state index >= 15 is 0 Å². The van der Waals surface area contributed by atoms with Crippen LogP contribution in [0.5, 0.6) is 5.88 Å². The molecule has 1 saturated heterocycles. The molecule has 130 valence electrons. The van der Waals surface area contributed by atoms with Crippen molar-refractivity contribution in [3.05, 3.63) is 29.9 Å². The van der Waals surface area contributed by atoms with Crippen LogP contribution in [0.1, 0.15) is 13.8 Å². The molecule has 0 aliphatic carbocycles. The summed E-state index contributed by atoms with van der Waals surface area (Å²) in [4.78, 5) is 15.2. The van der Waals surface area contributed by atoms with Gasteiger partial charge in [0.2, 0.25) is 5.88 Å². The summed E-state index contributed by atoms with van der Waals surface area (Å²) in [5.41, 5.74) is 10.7. The van der Waals surface area contributed by atoms with Gasteiger partial charge in [-0.15, -0.1) is 0 Å². The molecule has 1 fully saturated rings. The highest BCUT2D eigenvalue weighted by molar-refractivity contribution is 6.29. The van der Waals surface area contributed by atoms with Crippen LogP contribution < -0.4 is 16.2 Å². The summed E-state index contributed by atoms with van der Waals surface area (Å²) in [7, 11) is 0. The average Bonchev–Trinajstić information content (AvgIpc) is 2.85. The van der Waals surface area contributed by atoms with Crippen molar-refractivity contribution in [2.24, 2.45) is 0 Å². The van der Waals surface area contributed by atoms with Gasteiger partial charge >= 0.3 is 0 Å². The molecule has 24 heavy (non-hydrogen) atoms. The number of rotatable bonds is 3. The van der Waals surface area contributed by atoms with Crippen LogP contribution in [-0.2, 0) is 9.47 Å². The number of nitrogen functional groups attached to an aromatic ring is 2. The molecule has 9 nitrogen and oxygen atoms in total. The van der Waals surface area contributed by atoms with Crippen molar-refractivity contribution >= 4 is 23.2 Å². The van der Waals surface area contributed by atoms with Gasteiger partial charge in [0.1, 0.15) is 29.5 Å². The zero-order chi connectivity index (χ0) is 17.6. The molecule has 2 aromatic heterocycles. The van der Waals surface area contributed by atoms with Gasteiger partial charge in [-0.05, 0) is 13.8 Å². The van der Waals surface area contributed by atoms with Gasteiger partial charge in [-0.3, -0.25) is 9.97 Å². The summed E-state index contributed by atoms with van der Waals surface area (Å²) in [6, 6.07) is 0. The van der Waals surface area contributed by atoms with Gasteiger partial charge in [0.15, 0.2) is 5.79 Å². The number of nitrogens with zero attached hydrogens (tertiary/aromatic N) is 4. The van der Waals surface area contributed by atoms with E-state index in [2.05, 4.69) is 19.9 Å². The van der Waals surface area contributed by atoms with Crippen LogP contribution >= 0.6 is 11.6 Å². The van der Waals surface area contributed by atoms with Crippen molar-refractivity contribution in [1.82, 2.24) is 19.9 Å². The smallest absolute Gasteiger partial charge is 0.234 e. The third-order valence-electron chi connectivity index (χ3n) is 2.74. The Balaban J connectivity index is 0.000000219. The Labute approximate surface area is 144 Å². The lowest BCUT2D eigenvalue weighted by Gasteiger charge is -2.17. The van der Waals surface area contributed by atoms with Gasteiger partial charge in [0.05, 0.1) is 31.4 Å². The zero-order valence-corrected chi connectivity index (χ0v) is 14.1. The maximum Gasteiger partial charge on any atom is 0.234 e. The van der Waals surface area contributed by atoms with Crippen molar-refractivity contribution in [3.63, 3.8) is 0 Å². The minimum Gasteiger partial charge on any atom is -0.474 e. The molecule has 3 heterocycles. The van der Waals surface area contributed by atoms with Crippen molar-refractivity contribution < 1.29 is 14.2 Å². The van der Waals surface area contributed by atoms with E-state index in [4.69, 9.17) is 37.3 Å². The fourth-order valence-corrected chi connectivity index (χ4v) is 1.97. The second-order valence-corrected chi connectivity index (χ2v) is 5.70. The summed E-state index contributed by atoms with van der Waals surface area (Å²) < 4.78 is 16.4. The predicted molar refractivity (Wildman–Crippen MR) is 88.3 cm³/mol. The van der Waals surface area contributed by atoms with E-state index in [1.165, 1.54) is 24.8 Å². The number of hydrogen-bond donors (Lipinski definition) is 2. The Morgan fingerprint density at radius 2 is 1.83 bits per heavy atom. The minimum atomic E-state index is -0.532. The van der Waals surface area contributed by atoms with Gasteiger partial charge < -0.3 is 25.7 Å². The van der Waals surface area contributed by atoms with Crippen LogP contribution in [0.4, 0.5) is 11.6 Å². The molecule has 0 radical (unpaired) electrons. The molecule has 0 aromatic carbocycles. The lowest BCUT2D eigenvalue weighted by atomic mass is 10.4. The number of halogens is 1. The van der Waals surface area contributed by atoms with Crippen LogP contribution in [0.15, 0.2) is 24.8 Å². The molecule has 2 aromatic rings. The van der Waals surface area contributed by atoms with Crippen LogP contribution in [0.25, 0.3) is 0 Å². The SMILES string of the molecule is CC1(C)OCC(COc2cncc(N)n2)O1.Nc1cncc(Cl)n1. The van der Waals surface area contributed by atoms with Crippen molar-refractivity contribution in [3.8, 4) is 5.88 Å². The summed E-state index contributed by atoms with van der Waals surface area (Å²) in [6.07, 6.45) is 5.75. The summed E-state index contributed by atoms with van der Waals surface area (Å²) in [6.45, 7) is 4.63. The molecule has 0 amide bonds. The number of hydrogen-bond acceptors (Lipinski definition) is 9. The van der Waals surface area contributed by atoms with Crippen molar-refractivity contribution in [1.29, 1.82) is 0 Å². The fourth-order valence-electron chi connectivity index (χ4n) is 1.81. The van der Waals surface area contributed by atoms with Gasteiger partial charge in [-0.1, -0.05) is 11.6 Å². The number of nitrogens with two attached hydrogens (primary N) is 2. The maximum absolute atomic E-state index is 5.57. The first-order valence-corrected chi connectivity index (χ1v) is 7.47. The quantitative estimate of drug-likeness (QED) is 0.836. The Bertz CT molecular complexity index is 655. The Hall–Kier alpha value is -2.23. The van der Waals surface area contributed by atoms with Crippen LogP contribution in [0.3, 0.4) is 0 Å². The highest BCUT2D eigenvalue weighted by atomic mass is 35.5. The second kappa shape index (κ2) is 8.04. The molecule has 0 spiro atoms. The lowest BCUT2D eigenvalue weighted by molar-refractivity contribution is -0.141. The zero-order valence-electron chi connectivity index (χ0n) is 13.3. The third-order valence-corrected chi connectivity index (χ3v) is 2.92. The molecular weight excluding hydrogens is 336 g/mol. The number of ether oxygens (including phenoxy) is 3. The van der Waals surface area contributed by atoms with Gasteiger partial charge in [0.25, 0.3) is 0 Å². The maximum atomic E-state index is 5.57. The van der Waals surface area contributed by atoms with Crippen molar-refractivity contribution in [2.75, 3.05) is 24.7 Å². The molecule has 1 unspecified atom stereocenters. The first-order valence-electron chi connectivity index (χ1n) is 7.09. The molecule has 0 bridgehead atoms. The molecule has 10 heteroatoms. The summed E-state index contributed by atoms with van der Waals surface area (Å²) in [5, 5.41) is 0.324. The molecule has 4 N–H and O–H groups in total. The fraction of sp³-hybridized carbons (Fsp3) is 0.429. The normalized spacial score (nSPS) is 18.5. The first-order chi connectivity index (χ1) is 11.3. The molecule has 1 aliphatic heterocycles. The molecule has 3 rings (SSSR count). The predicted octanol–water partition coefficient (Wildman–Crippen LogP) is 1.30. The van der Waals surface area contributed by atoms with E-state index in [1.54, 1.807) is 0 Å². The van der Waals surface area contributed by atoms with Gasteiger partial charge in [0, 0.05) is 0 Å². The summed E-state index contributed by atoms with van der Waals surface area (Å²) in [5.74, 6) is 0.544. The summed E-state index contributed by atoms with van der Waals surface area (Å²) >= 11 is 5.39. The van der Waals surface area contributed by atoms with E-state index in [9.17, 15) is 0 Å². The van der Waals surface area contributed by atoms with Gasteiger partial charge in [-0.25, -0.2) is 4.98 Å². The molecule has 1 aliphatic rings. The van der Waals surface area contributed by atoms with Crippen LogP contribution in [-0.4, -0.2) is 45.0 Å². The van der Waals surface area contributed by atoms with Crippen LogP contribution in [0, 0.1) is 0 Å². The van der Waals surface area contributed by atoms with E-state index < -0.39 is 5.79 Å². The van der Waals surface area contributed by atoms with Gasteiger partial charge in [-0.2, -0.15) is 4.98 Å². The highest BCUT2D eigenvalue weighted by Crippen LogP contribution is 2.22. The Kier molecular flexibility index (Phi) is 6.07. The first kappa shape index (κ1) is 18.1. The number of aromatic nitrogens is 4. The Morgan fingerprint density at radius 1 is 1.17 bits per heavy atom. The van der Waals surface area contributed by atoms with E-state index in [1.807, 2.05) is 13.8 Å². The minimum absolute atomic E-state index is 0.0850. The highest BCUT2D eigenvalue weighted by Gasteiger charge is 2.33. The number of anilines is 2. The third kappa shape index (κ3) is 6.11. The lowest BCUT2D eigenvalue weighted by Crippen LogP contribution is -2.25. The standard InChI is InChI=1S/C10H15N3O3.C4H4ClN3/c1-10(2)15-6-7(16-10)5-14-9-4-12-3-8(11)13-9;5-3-1-7-2-4(6)8-3/h3-4,7H,5-6H2,1-2H3,(H2,11,13);1-2H,(H2,6,8). The molecular formula is C14H19ClN6O3. The van der Waals surface area contributed by atoms with E-state index in [0.29, 0.717) is 35.9 Å². The van der Waals surface area contributed by atoms with E-state index in [-0.39, 0.29) is 6.10 Å². The Morgan fingerprint density at radius 3 is 2.33 bits per heavy atom. The van der Waals surface area contributed by atoms with E-state index in [0.717, 1.165) is 0 Å². The second-order valence-electron chi connectivity index (χ2n) is 5.31. The monoisotopic (exact) mass is 354 g/mol. The van der Waals surface area contributed by atoms with Crippen molar-refractivity contribution in [2.45, 2.75) is 25.7 Å². The largest absolute Gasteiger partial charge is 0.474 e. The average molecular weight is 355 g/mol. The molecule has 0 saturated carbocycles. The topological polar surface area (TPSA) is 131 Å². The van der Waals surface area contributed by atoms with Crippen LogP contribution in [0.2, 0.25) is 5.15 Å².